The van der Waals surface area contributed by atoms with Crippen LogP contribution in [0, 0.1) is 10.2 Å². The Kier molecular flexibility index (Phi) is 7.97. The van der Waals surface area contributed by atoms with Crippen molar-refractivity contribution in [1.82, 2.24) is 5.01 Å². The highest BCUT2D eigenvalue weighted by atomic mass is 35.7. The van der Waals surface area contributed by atoms with Crippen LogP contribution in [0.3, 0.4) is 0 Å². The fourth-order valence-electron chi connectivity index (χ4n) is 1.83. The number of hydrogen-bond acceptors (Lipinski definition) is 5. The largest absolute Gasteiger partial charge is 0.222 e. The van der Waals surface area contributed by atoms with Crippen molar-refractivity contribution in [1.29, 1.82) is 0 Å². The van der Waals surface area contributed by atoms with Crippen LogP contribution in [0.5, 0.6) is 0 Å². The van der Waals surface area contributed by atoms with Crippen LogP contribution in [0.4, 0.5) is 0 Å². The maximum atomic E-state index is 8.49. The predicted molar refractivity (Wildman–Crippen MR) is 57.0 cm³/mol. The van der Waals surface area contributed by atoms with Crippen molar-refractivity contribution in [2.75, 3.05) is 27.2 Å². The van der Waals surface area contributed by atoms with Crippen molar-refractivity contribution in [3.8, 4) is 0 Å². The van der Waals surface area contributed by atoms with Gasteiger partial charge in [0.05, 0.1) is 13.6 Å². The lowest BCUT2D eigenvalue weighted by Crippen LogP contribution is -2.68. The summed E-state index contributed by atoms with van der Waals surface area (Å²) in [5.74, 6) is 0. The van der Waals surface area contributed by atoms with E-state index in [1.165, 1.54) is 32.2 Å². The molecule has 0 radical (unpaired) electrons. The van der Waals surface area contributed by atoms with E-state index in [2.05, 4.69) is 38.3 Å². The molecule has 0 bridgehead atoms. The van der Waals surface area contributed by atoms with Gasteiger partial charge in [0.2, 0.25) is 0 Å². The van der Waals surface area contributed by atoms with E-state index in [4.69, 9.17) is 18.6 Å². The van der Waals surface area contributed by atoms with Crippen molar-refractivity contribution in [2.24, 2.45) is 0 Å². The van der Waals surface area contributed by atoms with E-state index < -0.39 is 10.2 Å². The number of rotatable bonds is 5. The number of nitrogens with zero attached hydrogens (tertiary/aromatic N) is 2. The first-order valence-corrected chi connectivity index (χ1v) is 7.29. The Hall–Kier alpha value is -0.210. The molecule has 7 heteroatoms. The highest BCUT2D eigenvalue weighted by molar-refractivity contribution is 4.81. The Balaban J connectivity index is 0.000000494. The molecule has 1 rings (SSSR count). The number of hydrogen-bond donors (Lipinski definition) is 0. The molecule has 18 heavy (non-hydrogen) atoms. The van der Waals surface area contributed by atoms with Gasteiger partial charge in [0, 0.05) is 7.05 Å². The van der Waals surface area contributed by atoms with Crippen LogP contribution in [0.1, 0.15) is 32.6 Å². The van der Waals surface area contributed by atoms with Crippen molar-refractivity contribution < 1.29 is 33.5 Å². The van der Waals surface area contributed by atoms with Gasteiger partial charge in [-0.05, 0) is 18.9 Å². The zero-order valence-electron chi connectivity index (χ0n) is 11.3. The van der Waals surface area contributed by atoms with Gasteiger partial charge in [0.15, 0.2) is 0 Å². The fraction of sp³-hybridized carbons (Fsp3) is 0.818. The van der Waals surface area contributed by atoms with Gasteiger partial charge >= 0.3 is 0 Å². The van der Waals surface area contributed by atoms with Gasteiger partial charge in [0.1, 0.15) is 12.7 Å². The third-order valence-corrected chi connectivity index (χ3v) is 3.04. The van der Waals surface area contributed by atoms with Crippen LogP contribution < -0.4 is 18.6 Å². The Bertz CT molecular complexity index is 252. The molecule has 0 aromatic heterocycles. The summed E-state index contributed by atoms with van der Waals surface area (Å²) < 4.78 is 35.0. The molecule has 0 fully saturated rings. The van der Waals surface area contributed by atoms with Crippen LogP contribution >= 0.6 is 0 Å². The molecule has 0 aromatic rings. The lowest BCUT2D eigenvalue weighted by Gasteiger charge is -2.33. The van der Waals surface area contributed by atoms with E-state index in [1.54, 1.807) is 0 Å². The minimum absolute atomic E-state index is 1.00. The van der Waals surface area contributed by atoms with Gasteiger partial charge in [-0.2, -0.15) is 0 Å². The molecule has 0 aromatic carbocycles. The molecular formula is C11H23ClN2O4. The summed E-state index contributed by atoms with van der Waals surface area (Å²) in [5, 5.41) is 2.38. The molecule has 0 saturated carbocycles. The second kappa shape index (κ2) is 8.06. The van der Waals surface area contributed by atoms with Crippen LogP contribution in [-0.4, -0.2) is 36.8 Å². The van der Waals surface area contributed by atoms with Crippen molar-refractivity contribution in [3.63, 3.8) is 0 Å². The predicted octanol–water partition coefficient (Wildman–Crippen LogP) is -2.37. The summed E-state index contributed by atoms with van der Waals surface area (Å²) in [6.07, 6.45) is 10.0. The minimum Gasteiger partial charge on any atom is -0.222 e. The van der Waals surface area contributed by atoms with Gasteiger partial charge in [-0.25, -0.2) is 23.2 Å². The van der Waals surface area contributed by atoms with Gasteiger partial charge in [-0.3, -0.25) is 0 Å². The highest BCUT2D eigenvalue weighted by Crippen LogP contribution is 2.16. The van der Waals surface area contributed by atoms with Crippen LogP contribution in [0.25, 0.3) is 0 Å². The Morgan fingerprint density at radius 1 is 1.17 bits per heavy atom. The van der Waals surface area contributed by atoms with E-state index in [9.17, 15) is 0 Å². The molecule has 6 nitrogen and oxygen atoms in total. The first-order valence-electron chi connectivity index (χ1n) is 6.05. The lowest BCUT2D eigenvalue weighted by molar-refractivity contribution is -2.00. The fourth-order valence-corrected chi connectivity index (χ4v) is 1.83. The highest BCUT2D eigenvalue weighted by Gasteiger charge is 2.27. The standard InChI is InChI=1S/C11H23N2.ClHO4/c1-4-5-6-7-10-13(3)11-8-9-12(13)2;2-1(3,4)5/h8,11H,4-7,9-10H2,1-3H3;(H,2,3,4,5)/q+1;/p-1. The topological polar surface area (TPSA) is 95.5 Å². The summed E-state index contributed by atoms with van der Waals surface area (Å²) in [6, 6.07) is 0. The molecular weight excluding hydrogens is 260 g/mol. The third kappa shape index (κ3) is 8.82. The summed E-state index contributed by atoms with van der Waals surface area (Å²) in [7, 11) is -0.463. The van der Waals surface area contributed by atoms with E-state index in [-0.39, 0.29) is 0 Å². The second-order valence-corrected chi connectivity index (χ2v) is 5.36. The number of unbranched alkanes of at least 4 members (excludes halogenated alkanes) is 3. The second-order valence-electron chi connectivity index (χ2n) is 4.60. The molecule has 1 unspecified atom stereocenters. The Morgan fingerprint density at radius 2 is 1.72 bits per heavy atom. The number of quaternary nitrogens is 1. The van der Waals surface area contributed by atoms with E-state index in [0.717, 1.165) is 11.1 Å². The van der Waals surface area contributed by atoms with Gasteiger partial charge in [-0.15, -0.1) is 15.3 Å². The van der Waals surface area contributed by atoms with Crippen LogP contribution in [0.2, 0.25) is 0 Å². The molecule has 1 aliphatic rings. The van der Waals surface area contributed by atoms with E-state index in [1.807, 2.05) is 0 Å². The molecule has 1 atom stereocenters. The first-order chi connectivity index (χ1) is 8.19. The molecule has 1 aliphatic heterocycles. The third-order valence-electron chi connectivity index (χ3n) is 3.04. The Labute approximate surface area is 111 Å². The summed E-state index contributed by atoms with van der Waals surface area (Å²) in [4.78, 5) is 0. The first kappa shape index (κ1) is 17.8. The normalized spacial score (nSPS) is 23.9. The smallest absolute Gasteiger partial charge is 0.113 e. The average molecular weight is 283 g/mol. The molecule has 0 N–H and O–H groups in total. The zero-order chi connectivity index (χ0) is 14.2. The molecule has 108 valence electrons. The van der Waals surface area contributed by atoms with Crippen LogP contribution in [-0.2, 0) is 0 Å². The van der Waals surface area contributed by atoms with Gasteiger partial charge in [-0.1, -0.05) is 19.8 Å². The average Bonchev–Trinajstić information content (AvgIpc) is 2.53. The molecule has 0 saturated heterocycles. The van der Waals surface area contributed by atoms with Crippen LogP contribution in [0.15, 0.2) is 12.3 Å². The van der Waals surface area contributed by atoms with Gasteiger partial charge in [0.25, 0.3) is 0 Å². The van der Waals surface area contributed by atoms with Crippen molar-refractivity contribution in [2.45, 2.75) is 32.6 Å². The quantitative estimate of drug-likeness (QED) is 0.415. The van der Waals surface area contributed by atoms with E-state index in [0.29, 0.717) is 0 Å². The summed E-state index contributed by atoms with van der Waals surface area (Å²) >= 11 is 0. The maximum absolute atomic E-state index is 8.49. The Morgan fingerprint density at radius 3 is 2.11 bits per heavy atom. The minimum atomic E-state index is -4.94. The molecule has 1 heterocycles. The van der Waals surface area contributed by atoms with Crippen molar-refractivity contribution in [3.05, 3.63) is 12.3 Å². The SMILES string of the molecule is CCCCCC[N+]1(C)C=CCN1C.[O-][Cl+3]([O-])([O-])[O-]. The lowest BCUT2D eigenvalue weighted by atomic mass is 10.2. The zero-order valence-corrected chi connectivity index (χ0v) is 12.1. The van der Waals surface area contributed by atoms with Gasteiger partial charge < -0.3 is 0 Å². The summed E-state index contributed by atoms with van der Waals surface area (Å²) in [5.41, 5.74) is 0. The maximum Gasteiger partial charge on any atom is 0.113 e. The van der Waals surface area contributed by atoms with Crippen molar-refractivity contribution >= 4 is 0 Å². The molecule has 0 spiro atoms. The molecule has 0 aliphatic carbocycles. The molecule has 0 amide bonds. The number of likely N-dealkylation sites (N-methyl/N-ethyl adjacent to an activating group) is 1. The summed E-state index contributed by atoms with van der Waals surface area (Å²) in [6.45, 7) is 4.62. The number of halogens is 1. The van der Waals surface area contributed by atoms with E-state index >= 15 is 0 Å². The monoisotopic (exact) mass is 282 g/mol.